The summed E-state index contributed by atoms with van der Waals surface area (Å²) in [5.74, 6) is 2.06. The van der Waals surface area contributed by atoms with Gasteiger partial charge in [-0.2, -0.15) is 0 Å². The highest BCUT2D eigenvalue weighted by Gasteiger charge is 2.18. The van der Waals surface area contributed by atoms with E-state index in [1.165, 1.54) is 0 Å². The lowest BCUT2D eigenvalue weighted by atomic mass is 10.1. The Bertz CT molecular complexity index is 716. The molecule has 0 unspecified atom stereocenters. The first-order chi connectivity index (χ1) is 10.3. The number of ether oxygens (including phenoxy) is 2. The summed E-state index contributed by atoms with van der Waals surface area (Å²) in [6, 6.07) is 15.5. The van der Waals surface area contributed by atoms with Crippen LogP contribution in [0.15, 0.2) is 54.9 Å². The molecule has 0 aliphatic heterocycles. The Morgan fingerprint density at radius 1 is 0.857 bits per heavy atom. The highest BCUT2D eigenvalue weighted by molar-refractivity contribution is 5.73. The van der Waals surface area contributed by atoms with E-state index < -0.39 is 0 Å². The molecule has 3 rings (SSSR count). The topological polar surface area (TPSA) is 49.2 Å². The van der Waals surface area contributed by atoms with Gasteiger partial charge in [-0.1, -0.05) is 24.3 Å². The second-order valence-corrected chi connectivity index (χ2v) is 4.40. The maximum atomic E-state index is 5.44. The smallest absolute Gasteiger partial charge is 0.175 e. The summed E-state index contributed by atoms with van der Waals surface area (Å²) in [6.07, 6.45) is 1.68. The molecule has 0 saturated carbocycles. The summed E-state index contributed by atoms with van der Waals surface area (Å²) < 4.78 is 12.8. The zero-order chi connectivity index (χ0) is 14.7. The number of hydrogen-bond acceptors (Lipinski definition) is 4. The minimum absolute atomic E-state index is 0.676. The largest absolute Gasteiger partial charge is 0.496 e. The zero-order valence-electron chi connectivity index (χ0n) is 11.9. The molecule has 0 bridgehead atoms. The van der Waals surface area contributed by atoms with Gasteiger partial charge in [-0.05, 0) is 24.3 Å². The number of hydrogen-bond donors (Lipinski definition) is 0. The van der Waals surface area contributed by atoms with Gasteiger partial charge in [0.05, 0.1) is 14.2 Å². The van der Waals surface area contributed by atoms with Crippen molar-refractivity contribution in [3.8, 4) is 28.6 Å². The van der Waals surface area contributed by atoms with Crippen LogP contribution in [-0.2, 0) is 0 Å². The number of benzene rings is 2. The van der Waals surface area contributed by atoms with Crippen LogP contribution in [0, 0.1) is 0 Å². The van der Waals surface area contributed by atoms with Crippen LogP contribution in [0.25, 0.3) is 17.1 Å². The Hall–Kier alpha value is -2.82. The average molecular weight is 281 g/mol. The van der Waals surface area contributed by atoms with Gasteiger partial charge in [-0.15, -0.1) is 10.2 Å². The highest BCUT2D eigenvalue weighted by Crippen LogP contribution is 2.37. The Kier molecular flexibility index (Phi) is 3.55. The molecule has 0 aliphatic carbocycles. The molecule has 0 fully saturated rings. The van der Waals surface area contributed by atoms with E-state index in [1.54, 1.807) is 20.5 Å². The normalized spacial score (nSPS) is 10.4. The van der Waals surface area contributed by atoms with Crippen LogP contribution in [-0.4, -0.2) is 29.0 Å². The average Bonchev–Trinajstić information content (AvgIpc) is 3.04. The van der Waals surface area contributed by atoms with Crippen LogP contribution in [0.1, 0.15) is 0 Å². The highest BCUT2D eigenvalue weighted by atomic mass is 16.5. The van der Waals surface area contributed by atoms with Crippen molar-refractivity contribution in [2.75, 3.05) is 14.2 Å². The molecule has 5 heteroatoms. The summed E-state index contributed by atoms with van der Waals surface area (Å²) in [5.41, 5.74) is 1.76. The Morgan fingerprint density at radius 2 is 1.52 bits per heavy atom. The molecule has 0 amide bonds. The predicted molar refractivity (Wildman–Crippen MR) is 79.9 cm³/mol. The van der Waals surface area contributed by atoms with Gasteiger partial charge >= 0.3 is 0 Å². The quantitative estimate of drug-likeness (QED) is 0.737. The fraction of sp³-hybridized carbons (Fsp3) is 0.125. The van der Waals surface area contributed by atoms with Gasteiger partial charge in [0.1, 0.15) is 23.4 Å². The lowest BCUT2D eigenvalue weighted by molar-refractivity contribution is 0.396. The molecule has 0 radical (unpaired) electrons. The monoisotopic (exact) mass is 281 g/mol. The second kappa shape index (κ2) is 5.66. The summed E-state index contributed by atoms with van der Waals surface area (Å²) in [6.45, 7) is 0. The van der Waals surface area contributed by atoms with E-state index in [1.807, 2.05) is 53.1 Å². The van der Waals surface area contributed by atoms with E-state index >= 15 is 0 Å². The first-order valence-electron chi connectivity index (χ1n) is 6.52. The van der Waals surface area contributed by atoms with Crippen molar-refractivity contribution in [3.63, 3.8) is 0 Å². The van der Waals surface area contributed by atoms with Crippen LogP contribution in [0.5, 0.6) is 11.5 Å². The van der Waals surface area contributed by atoms with Gasteiger partial charge in [-0.3, -0.25) is 4.57 Å². The fourth-order valence-electron chi connectivity index (χ4n) is 2.25. The Balaban J connectivity index is 2.21. The molecule has 3 aromatic rings. The van der Waals surface area contributed by atoms with E-state index in [9.17, 15) is 0 Å². The van der Waals surface area contributed by atoms with Crippen molar-refractivity contribution in [2.45, 2.75) is 0 Å². The third kappa shape index (κ3) is 2.33. The van der Waals surface area contributed by atoms with E-state index in [0.29, 0.717) is 17.3 Å². The SMILES string of the molecule is COc1cccc(OC)c1-c1nncn1-c1ccccc1. The van der Waals surface area contributed by atoms with E-state index in [-0.39, 0.29) is 0 Å². The Labute approximate surface area is 122 Å². The summed E-state index contributed by atoms with van der Waals surface area (Å²) in [5, 5.41) is 8.26. The molecule has 2 aromatic carbocycles. The molecule has 106 valence electrons. The van der Waals surface area contributed by atoms with Gasteiger partial charge in [0, 0.05) is 5.69 Å². The lowest BCUT2D eigenvalue weighted by Crippen LogP contribution is -2.00. The first kappa shape index (κ1) is 13.2. The van der Waals surface area contributed by atoms with Crippen molar-refractivity contribution in [2.24, 2.45) is 0 Å². The molecule has 0 N–H and O–H groups in total. The third-order valence-corrected chi connectivity index (χ3v) is 3.23. The van der Waals surface area contributed by atoms with E-state index in [0.717, 1.165) is 11.3 Å². The molecule has 5 nitrogen and oxygen atoms in total. The summed E-state index contributed by atoms with van der Waals surface area (Å²) in [4.78, 5) is 0. The number of aromatic nitrogens is 3. The number of rotatable bonds is 4. The van der Waals surface area contributed by atoms with Crippen molar-refractivity contribution < 1.29 is 9.47 Å². The molecule has 0 spiro atoms. The zero-order valence-corrected chi connectivity index (χ0v) is 11.9. The summed E-state index contributed by atoms with van der Waals surface area (Å²) >= 11 is 0. The van der Waals surface area contributed by atoms with Crippen LogP contribution >= 0.6 is 0 Å². The van der Waals surface area contributed by atoms with Gasteiger partial charge in [-0.25, -0.2) is 0 Å². The van der Waals surface area contributed by atoms with Gasteiger partial charge < -0.3 is 9.47 Å². The van der Waals surface area contributed by atoms with Gasteiger partial charge in [0.15, 0.2) is 5.82 Å². The lowest BCUT2D eigenvalue weighted by Gasteiger charge is -2.13. The standard InChI is InChI=1S/C16H15N3O2/c1-20-13-9-6-10-14(21-2)15(13)16-18-17-11-19(16)12-7-4-3-5-8-12/h3-11H,1-2H3. The van der Waals surface area contributed by atoms with E-state index in [2.05, 4.69) is 10.2 Å². The van der Waals surface area contributed by atoms with Crippen LogP contribution in [0.2, 0.25) is 0 Å². The predicted octanol–water partition coefficient (Wildman–Crippen LogP) is 2.95. The number of nitrogens with zero attached hydrogens (tertiary/aromatic N) is 3. The van der Waals surface area contributed by atoms with Gasteiger partial charge in [0.2, 0.25) is 0 Å². The minimum atomic E-state index is 0.676. The molecule has 0 saturated heterocycles. The molecule has 1 aromatic heterocycles. The third-order valence-electron chi connectivity index (χ3n) is 3.23. The second-order valence-electron chi connectivity index (χ2n) is 4.40. The Morgan fingerprint density at radius 3 is 2.14 bits per heavy atom. The van der Waals surface area contributed by atoms with Gasteiger partial charge in [0.25, 0.3) is 0 Å². The molecular weight excluding hydrogens is 266 g/mol. The van der Waals surface area contributed by atoms with Crippen LogP contribution in [0.3, 0.4) is 0 Å². The molecule has 0 atom stereocenters. The first-order valence-corrected chi connectivity index (χ1v) is 6.52. The molecule has 21 heavy (non-hydrogen) atoms. The molecule has 1 heterocycles. The van der Waals surface area contributed by atoms with Crippen LogP contribution < -0.4 is 9.47 Å². The van der Waals surface area contributed by atoms with Crippen molar-refractivity contribution in [1.82, 2.24) is 14.8 Å². The maximum absolute atomic E-state index is 5.44. The van der Waals surface area contributed by atoms with Crippen molar-refractivity contribution in [3.05, 3.63) is 54.9 Å². The van der Waals surface area contributed by atoms with Crippen LogP contribution in [0.4, 0.5) is 0 Å². The fourth-order valence-corrected chi connectivity index (χ4v) is 2.25. The number of para-hydroxylation sites is 1. The number of methoxy groups -OCH3 is 2. The molecule has 0 aliphatic rings. The molecular formula is C16H15N3O2. The maximum Gasteiger partial charge on any atom is 0.175 e. The van der Waals surface area contributed by atoms with Crippen molar-refractivity contribution >= 4 is 0 Å². The summed E-state index contributed by atoms with van der Waals surface area (Å²) in [7, 11) is 3.25. The minimum Gasteiger partial charge on any atom is -0.496 e. The van der Waals surface area contributed by atoms with Crippen molar-refractivity contribution in [1.29, 1.82) is 0 Å². The van der Waals surface area contributed by atoms with E-state index in [4.69, 9.17) is 9.47 Å².